The number of H-pyrrole nitrogens is 1. The van der Waals surface area contributed by atoms with Crippen molar-refractivity contribution in [2.75, 3.05) is 6.54 Å². The van der Waals surface area contributed by atoms with E-state index in [1.54, 1.807) is 20.8 Å². The fourth-order valence-electron chi connectivity index (χ4n) is 3.18. The summed E-state index contributed by atoms with van der Waals surface area (Å²) in [5, 5.41) is 10.7. The summed E-state index contributed by atoms with van der Waals surface area (Å²) in [6.45, 7) is 7.62. The Hall–Kier alpha value is -2.50. The third-order valence-corrected chi connectivity index (χ3v) is 4.14. The summed E-state index contributed by atoms with van der Waals surface area (Å²) < 4.78 is 5.38. The number of amides is 1. The van der Waals surface area contributed by atoms with Crippen LogP contribution in [0.2, 0.25) is 0 Å². The minimum Gasteiger partial charge on any atom is -0.479 e. The van der Waals surface area contributed by atoms with Gasteiger partial charge < -0.3 is 14.8 Å². The zero-order valence-electron chi connectivity index (χ0n) is 14.3. The molecule has 2 aromatic rings. The minimum atomic E-state index is -1.06. The highest BCUT2D eigenvalue weighted by atomic mass is 16.6. The number of carboxylic acids is 1. The first-order chi connectivity index (χ1) is 11.2. The van der Waals surface area contributed by atoms with E-state index >= 15 is 0 Å². The molecule has 6 heteroatoms. The smallest absolute Gasteiger partial charge is 0.411 e. The Labute approximate surface area is 140 Å². The van der Waals surface area contributed by atoms with Crippen LogP contribution in [0.25, 0.3) is 10.9 Å². The summed E-state index contributed by atoms with van der Waals surface area (Å²) >= 11 is 0. The van der Waals surface area contributed by atoms with E-state index < -0.39 is 23.7 Å². The first-order valence-corrected chi connectivity index (χ1v) is 8.01. The van der Waals surface area contributed by atoms with Crippen molar-refractivity contribution in [3.05, 3.63) is 35.0 Å². The molecule has 0 aliphatic carbocycles. The molecular formula is C18H22N2O4. The van der Waals surface area contributed by atoms with E-state index in [2.05, 4.69) is 4.98 Å². The molecule has 0 unspecified atom stereocenters. The van der Waals surface area contributed by atoms with Crippen LogP contribution in [0.15, 0.2) is 18.2 Å². The number of aromatic nitrogens is 1. The molecule has 2 heterocycles. The lowest BCUT2D eigenvalue weighted by Crippen LogP contribution is -2.45. The Morgan fingerprint density at radius 1 is 1.33 bits per heavy atom. The van der Waals surface area contributed by atoms with Crippen molar-refractivity contribution in [3.8, 4) is 0 Å². The highest BCUT2D eigenvalue weighted by Gasteiger charge is 2.40. The van der Waals surface area contributed by atoms with Crippen molar-refractivity contribution >= 4 is 23.0 Å². The number of ether oxygens (including phenoxy) is 1. The fourth-order valence-corrected chi connectivity index (χ4v) is 3.18. The second-order valence-electron chi connectivity index (χ2n) is 7.23. The Morgan fingerprint density at radius 2 is 2.04 bits per heavy atom. The molecule has 2 N–H and O–H groups in total. The number of hydrogen-bond donors (Lipinski definition) is 2. The molecule has 0 saturated carbocycles. The number of fused-ring (bicyclic) bond motifs is 3. The van der Waals surface area contributed by atoms with Gasteiger partial charge in [0.25, 0.3) is 0 Å². The molecule has 0 saturated heterocycles. The largest absolute Gasteiger partial charge is 0.479 e. The lowest BCUT2D eigenvalue weighted by atomic mass is 9.97. The topological polar surface area (TPSA) is 82.6 Å². The number of rotatable bonds is 1. The normalized spacial score (nSPS) is 17.7. The molecular weight excluding hydrogens is 308 g/mol. The average Bonchev–Trinajstić information content (AvgIpc) is 2.81. The quantitative estimate of drug-likeness (QED) is 0.839. The molecule has 6 nitrogen and oxygen atoms in total. The second-order valence-corrected chi connectivity index (χ2v) is 7.23. The Kier molecular flexibility index (Phi) is 3.78. The summed E-state index contributed by atoms with van der Waals surface area (Å²) in [6.07, 6.45) is -0.00248. The second kappa shape index (κ2) is 5.54. The number of carbonyl (C=O) groups is 2. The Bertz CT molecular complexity index is 816. The van der Waals surface area contributed by atoms with Crippen molar-refractivity contribution in [1.29, 1.82) is 0 Å². The van der Waals surface area contributed by atoms with E-state index in [-0.39, 0.29) is 0 Å². The van der Waals surface area contributed by atoms with E-state index in [0.717, 1.165) is 22.0 Å². The molecule has 24 heavy (non-hydrogen) atoms. The molecule has 0 bridgehead atoms. The van der Waals surface area contributed by atoms with E-state index in [4.69, 9.17) is 4.74 Å². The summed E-state index contributed by atoms with van der Waals surface area (Å²) in [5.74, 6) is -1.06. The molecule has 0 spiro atoms. The number of carboxylic acid groups (broad SMARTS) is 1. The van der Waals surface area contributed by atoms with Crippen LogP contribution in [-0.4, -0.2) is 39.2 Å². The van der Waals surface area contributed by atoms with Crippen LogP contribution in [-0.2, 0) is 16.0 Å². The van der Waals surface area contributed by atoms with Crippen LogP contribution in [0.5, 0.6) is 0 Å². The molecule has 0 fully saturated rings. The third-order valence-electron chi connectivity index (χ3n) is 4.14. The highest BCUT2D eigenvalue weighted by Crippen LogP contribution is 2.35. The Balaban J connectivity index is 2.05. The van der Waals surface area contributed by atoms with Crippen LogP contribution in [0, 0.1) is 6.92 Å². The van der Waals surface area contributed by atoms with Crippen molar-refractivity contribution in [1.82, 2.24) is 9.88 Å². The first kappa shape index (κ1) is 16.4. The van der Waals surface area contributed by atoms with Gasteiger partial charge in [0.15, 0.2) is 6.04 Å². The highest BCUT2D eigenvalue weighted by molar-refractivity contribution is 5.90. The average molecular weight is 330 g/mol. The number of nitrogens with zero attached hydrogens (tertiary/aromatic N) is 1. The van der Waals surface area contributed by atoms with Gasteiger partial charge in [0.2, 0.25) is 0 Å². The molecule has 1 aliphatic rings. The number of benzene rings is 1. The summed E-state index contributed by atoms with van der Waals surface area (Å²) in [7, 11) is 0. The zero-order valence-corrected chi connectivity index (χ0v) is 14.3. The summed E-state index contributed by atoms with van der Waals surface area (Å²) in [4.78, 5) is 28.8. The number of aryl methyl sites for hydroxylation is 1. The van der Waals surface area contributed by atoms with Crippen LogP contribution in [0.1, 0.15) is 43.6 Å². The predicted molar refractivity (Wildman–Crippen MR) is 90.1 cm³/mol. The van der Waals surface area contributed by atoms with E-state index in [9.17, 15) is 14.7 Å². The lowest BCUT2D eigenvalue weighted by molar-refractivity contribution is -0.144. The van der Waals surface area contributed by atoms with E-state index in [1.165, 1.54) is 4.90 Å². The van der Waals surface area contributed by atoms with Crippen LogP contribution in [0.4, 0.5) is 4.79 Å². The third kappa shape index (κ3) is 2.84. The van der Waals surface area contributed by atoms with Gasteiger partial charge in [-0.1, -0.05) is 11.6 Å². The monoisotopic (exact) mass is 330 g/mol. The predicted octanol–water partition coefficient (Wildman–Crippen LogP) is 3.40. The maximum atomic E-state index is 12.4. The van der Waals surface area contributed by atoms with Crippen LogP contribution < -0.4 is 0 Å². The van der Waals surface area contributed by atoms with Crippen molar-refractivity contribution in [3.63, 3.8) is 0 Å². The van der Waals surface area contributed by atoms with Gasteiger partial charge in [0.1, 0.15) is 5.60 Å². The molecule has 1 aromatic carbocycles. The number of aliphatic carboxylic acids is 1. The van der Waals surface area contributed by atoms with Gasteiger partial charge in [-0.25, -0.2) is 9.59 Å². The van der Waals surface area contributed by atoms with Gasteiger partial charge in [-0.3, -0.25) is 4.90 Å². The lowest BCUT2D eigenvalue weighted by Gasteiger charge is -2.34. The summed E-state index contributed by atoms with van der Waals surface area (Å²) in [5.41, 5.74) is 2.88. The van der Waals surface area contributed by atoms with Gasteiger partial charge >= 0.3 is 12.1 Å². The van der Waals surface area contributed by atoms with Crippen LogP contribution in [0.3, 0.4) is 0 Å². The number of carbonyl (C=O) groups excluding carboxylic acids is 1. The fraction of sp³-hybridized carbons (Fsp3) is 0.444. The SMILES string of the molecule is Cc1ccc2[nH]c3c(c2c1)CCN(C(=O)OC(C)(C)C)[C@H]3C(=O)O. The molecule has 3 rings (SSSR count). The zero-order chi connectivity index (χ0) is 17.6. The van der Waals surface area contributed by atoms with Gasteiger partial charge in [-0.15, -0.1) is 0 Å². The molecule has 1 aliphatic heterocycles. The molecule has 1 amide bonds. The molecule has 0 radical (unpaired) electrons. The molecule has 128 valence electrons. The van der Waals surface area contributed by atoms with Crippen LogP contribution >= 0.6 is 0 Å². The maximum absolute atomic E-state index is 12.4. The summed E-state index contributed by atoms with van der Waals surface area (Å²) in [6, 6.07) is 4.91. The number of hydrogen-bond acceptors (Lipinski definition) is 3. The maximum Gasteiger partial charge on any atom is 0.411 e. The van der Waals surface area contributed by atoms with Gasteiger partial charge in [-0.05, 0) is 51.8 Å². The van der Waals surface area contributed by atoms with Crippen molar-refractivity contribution < 1.29 is 19.4 Å². The van der Waals surface area contributed by atoms with Gasteiger partial charge in [-0.2, -0.15) is 0 Å². The Morgan fingerprint density at radius 3 is 2.67 bits per heavy atom. The first-order valence-electron chi connectivity index (χ1n) is 8.01. The van der Waals surface area contributed by atoms with E-state index in [1.807, 2.05) is 25.1 Å². The number of aromatic amines is 1. The number of nitrogens with one attached hydrogen (secondary N) is 1. The van der Waals surface area contributed by atoms with E-state index in [0.29, 0.717) is 18.7 Å². The minimum absolute atomic E-state index is 0.319. The molecule has 1 atom stereocenters. The van der Waals surface area contributed by atoms with Crippen molar-refractivity contribution in [2.45, 2.75) is 45.8 Å². The van der Waals surface area contributed by atoms with Gasteiger partial charge in [0.05, 0.1) is 5.69 Å². The molecule has 1 aromatic heterocycles. The van der Waals surface area contributed by atoms with Gasteiger partial charge in [0, 0.05) is 17.4 Å². The standard InChI is InChI=1S/C18H22N2O4/c1-10-5-6-13-12(9-10)11-7-8-20(17(23)24-18(2,3)4)15(16(21)22)14(11)19-13/h5-6,9,15,19H,7-8H2,1-4H3,(H,21,22)/t15-/m1/s1. The van der Waals surface area contributed by atoms with Crippen molar-refractivity contribution in [2.24, 2.45) is 0 Å².